The Hall–Kier alpha value is -0.980. The van der Waals surface area contributed by atoms with Crippen LogP contribution in [0.4, 0.5) is 13.2 Å². The van der Waals surface area contributed by atoms with Crippen LogP contribution in [0, 0.1) is 0 Å². The zero-order valence-corrected chi connectivity index (χ0v) is 13.3. The van der Waals surface area contributed by atoms with Gasteiger partial charge in [0.2, 0.25) is 0 Å². The number of hydrogen-bond donors (Lipinski definition) is 1. The molecular formula is C15H22ClF3N2O. The van der Waals surface area contributed by atoms with Crippen LogP contribution in [0.1, 0.15) is 25.3 Å². The van der Waals surface area contributed by atoms with E-state index in [1.165, 1.54) is 12.1 Å². The fraction of sp³-hybridized carbons (Fsp3) is 0.600. The summed E-state index contributed by atoms with van der Waals surface area (Å²) in [7, 11) is 0. The zero-order valence-electron chi connectivity index (χ0n) is 12.5. The number of alkyl halides is 3. The van der Waals surface area contributed by atoms with E-state index in [2.05, 4.69) is 21.9 Å². The van der Waals surface area contributed by atoms with E-state index in [1.807, 2.05) is 6.07 Å². The molecule has 0 bridgehead atoms. The predicted octanol–water partition coefficient (Wildman–Crippen LogP) is 3.58. The van der Waals surface area contributed by atoms with Crippen molar-refractivity contribution in [3.05, 3.63) is 29.8 Å². The standard InChI is InChI=1S/C15H21F3N2O.ClH/c1-2-8-20(13-6-7-19-10-13)11-12-4-3-5-14(9-12)21-15(16,17)18;/h3-5,9,13,19H,2,6-8,10-11H2,1H3;1H. The summed E-state index contributed by atoms with van der Waals surface area (Å²) >= 11 is 0. The maximum absolute atomic E-state index is 12.3. The van der Waals surface area contributed by atoms with Crippen LogP contribution in [0.2, 0.25) is 0 Å². The highest BCUT2D eigenvalue weighted by molar-refractivity contribution is 5.85. The minimum Gasteiger partial charge on any atom is -0.406 e. The average molecular weight is 339 g/mol. The summed E-state index contributed by atoms with van der Waals surface area (Å²) in [6.07, 6.45) is -2.54. The molecule has 0 radical (unpaired) electrons. The highest BCUT2D eigenvalue weighted by atomic mass is 35.5. The minimum atomic E-state index is -4.64. The van der Waals surface area contributed by atoms with Gasteiger partial charge in [-0.25, -0.2) is 0 Å². The SMILES string of the molecule is CCCN(Cc1cccc(OC(F)(F)F)c1)C1CCNC1.Cl. The number of hydrogen-bond acceptors (Lipinski definition) is 3. The van der Waals surface area contributed by atoms with Crippen molar-refractivity contribution >= 4 is 12.4 Å². The number of ether oxygens (including phenoxy) is 1. The fourth-order valence-corrected chi connectivity index (χ4v) is 2.70. The van der Waals surface area contributed by atoms with Gasteiger partial charge < -0.3 is 10.1 Å². The maximum atomic E-state index is 12.3. The smallest absolute Gasteiger partial charge is 0.406 e. The van der Waals surface area contributed by atoms with Crippen LogP contribution in [0.15, 0.2) is 24.3 Å². The fourth-order valence-electron chi connectivity index (χ4n) is 2.70. The highest BCUT2D eigenvalue weighted by Crippen LogP contribution is 2.24. The molecule has 1 atom stereocenters. The average Bonchev–Trinajstić information content (AvgIpc) is 2.90. The lowest BCUT2D eigenvalue weighted by Gasteiger charge is -2.28. The second-order valence-electron chi connectivity index (χ2n) is 5.31. The molecule has 1 unspecified atom stereocenters. The lowest BCUT2D eigenvalue weighted by molar-refractivity contribution is -0.274. The molecule has 2 rings (SSSR count). The van der Waals surface area contributed by atoms with E-state index in [-0.39, 0.29) is 18.2 Å². The van der Waals surface area contributed by atoms with Crippen LogP contribution in [0.3, 0.4) is 0 Å². The Labute approximate surface area is 135 Å². The van der Waals surface area contributed by atoms with Crippen molar-refractivity contribution in [3.63, 3.8) is 0 Å². The summed E-state index contributed by atoms with van der Waals surface area (Å²) in [6.45, 7) is 5.64. The Morgan fingerprint density at radius 3 is 2.73 bits per heavy atom. The summed E-state index contributed by atoms with van der Waals surface area (Å²) in [5.74, 6) is -0.152. The van der Waals surface area contributed by atoms with Gasteiger partial charge in [0.05, 0.1) is 0 Å². The maximum Gasteiger partial charge on any atom is 0.573 e. The van der Waals surface area contributed by atoms with Crippen LogP contribution in [-0.2, 0) is 6.54 Å². The van der Waals surface area contributed by atoms with Gasteiger partial charge in [-0.15, -0.1) is 25.6 Å². The molecule has 0 spiro atoms. The van der Waals surface area contributed by atoms with Gasteiger partial charge in [0.25, 0.3) is 0 Å². The first-order chi connectivity index (χ1) is 9.98. The molecule has 1 aliphatic rings. The van der Waals surface area contributed by atoms with E-state index < -0.39 is 6.36 Å². The minimum absolute atomic E-state index is 0. The van der Waals surface area contributed by atoms with Crippen LogP contribution in [-0.4, -0.2) is 36.9 Å². The number of benzene rings is 1. The molecule has 126 valence electrons. The van der Waals surface area contributed by atoms with E-state index in [9.17, 15) is 13.2 Å². The Kier molecular flexibility index (Phi) is 7.45. The van der Waals surface area contributed by atoms with Crippen molar-refractivity contribution in [2.24, 2.45) is 0 Å². The summed E-state index contributed by atoms with van der Waals surface area (Å²) in [6, 6.07) is 6.70. The number of nitrogens with one attached hydrogen (secondary N) is 1. The molecule has 0 aliphatic carbocycles. The van der Waals surface area contributed by atoms with E-state index in [4.69, 9.17) is 0 Å². The van der Waals surface area contributed by atoms with Crippen molar-refractivity contribution in [3.8, 4) is 5.75 Å². The van der Waals surface area contributed by atoms with Gasteiger partial charge in [0.15, 0.2) is 0 Å². The molecule has 0 aromatic heterocycles. The molecule has 0 saturated carbocycles. The van der Waals surface area contributed by atoms with Crippen LogP contribution in [0.25, 0.3) is 0 Å². The second kappa shape index (κ2) is 8.60. The van der Waals surface area contributed by atoms with E-state index >= 15 is 0 Å². The molecule has 0 amide bonds. The van der Waals surface area contributed by atoms with E-state index in [1.54, 1.807) is 6.07 Å². The molecule has 3 nitrogen and oxygen atoms in total. The third kappa shape index (κ3) is 6.02. The molecule has 1 N–H and O–H groups in total. The first-order valence-electron chi connectivity index (χ1n) is 7.27. The quantitative estimate of drug-likeness (QED) is 0.858. The summed E-state index contributed by atoms with van der Waals surface area (Å²) in [4.78, 5) is 2.33. The van der Waals surface area contributed by atoms with Gasteiger partial charge in [-0.1, -0.05) is 19.1 Å². The molecule has 1 aliphatic heterocycles. The van der Waals surface area contributed by atoms with Crippen molar-refractivity contribution in [2.45, 2.75) is 38.7 Å². The van der Waals surface area contributed by atoms with Crippen molar-refractivity contribution in [1.29, 1.82) is 0 Å². The molecule has 1 aromatic rings. The van der Waals surface area contributed by atoms with E-state index in [0.29, 0.717) is 12.6 Å². The van der Waals surface area contributed by atoms with Gasteiger partial charge in [0.1, 0.15) is 5.75 Å². The predicted molar refractivity (Wildman–Crippen MR) is 82.3 cm³/mol. The van der Waals surface area contributed by atoms with Gasteiger partial charge in [-0.3, -0.25) is 4.90 Å². The molecule has 1 heterocycles. The van der Waals surface area contributed by atoms with Crippen molar-refractivity contribution in [1.82, 2.24) is 10.2 Å². The normalized spacial score (nSPS) is 18.3. The first kappa shape index (κ1) is 19.1. The Bertz CT molecular complexity index is 451. The lowest BCUT2D eigenvalue weighted by atomic mass is 10.1. The Morgan fingerprint density at radius 1 is 1.36 bits per heavy atom. The second-order valence-corrected chi connectivity index (χ2v) is 5.31. The summed E-state index contributed by atoms with van der Waals surface area (Å²) in [5.41, 5.74) is 0.845. The number of rotatable bonds is 6. The number of halogens is 4. The van der Waals surface area contributed by atoms with Crippen molar-refractivity contribution < 1.29 is 17.9 Å². The Balaban J connectivity index is 0.00000242. The molecule has 1 saturated heterocycles. The molecule has 7 heteroatoms. The zero-order chi connectivity index (χ0) is 15.3. The first-order valence-corrected chi connectivity index (χ1v) is 7.27. The van der Waals surface area contributed by atoms with E-state index in [0.717, 1.165) is 38.0 Å². The monoisotopic (exact) mass is 338 g/mol. The summed E-state index contributed by atoms with van der Waals surface area (Å²) < 4.78 is 40.8. The third-order valence-corrected chi connectivity index (χ3v) is 3.58. The van der Waals surface area contributed by atoms with Gasteiger partial charge in [-0.2, -0.15) is 0 Å². The van der Waals surface area contributed by atoms with Crippen molar-refractivity contribution in [2.75, 3.05) is 19.6 Å². The Morgan fingerprint density at radius 2 is 2.14 bits per heavy atom. The van der Waals surface area contributed by atoms with Gasteiger partial charge in [-0.05, 0) is 43.6 Å². The van der Waals surface area contributed by atoms with Gasteiger partial charge in [0, 0.05) is 19.1 Å². The van der Waals surface area contributed by atoms with Crippen LogP contribution < -0.4 is 10.1 Å². The number of nitrogens with zero attached hydrogens (tertiary/aromatic N) is 1. The highest BCUT2D eigenvalue weighted by Gasteiger charge is 2.31. The lowest BCUT2D eigenvalue weighted by Crippen LogP contribution is -2.36. The van der Waals surface area contributed by atoms with Crippen LogP contribution >= 0.6 is 12.4 Å². The third-order valence-electron chi connectivity index (χ3n) is 3.58. The van der Waals surface area contributed by atoms with Crippen LogP contribution in [0.5, 0.6) is 5.75 Å². The molecule has 22 heavy (non-hydrogen) atoms. The summed E-state index contributed by atoms with van der Waals surface area (Å²) in [5, 5.41) is 3.32. The molecule has 1 fully saturated rings. The molecule has 1 aromatic carbocycles. The topological polar surface area (TPSA) is 24.5 Å². The molecular weight excluding hydrogens is 317 g/mol. The van der Waals surface area contributed by atoms with Gasteiger partial charge >= 0.3 is 6.36 Å². The largest absolute Gasteiger partial charge is 0.573 e.